The SMILES string of the molecule is CCN(CC(=O)O)Cc1ccccc1OC(F)(F)F. The number of nitrogens with zero attached hydrogens (tertiary/aromatic N) is 1. The lowest BCUT2D eigenvalue weighted by molar-refractivity contribution is -0.275. The van der Waals surface area contributed by atoms with E-state index >= 15 is 0 Å². The summed E-state index contributed by atoms with van der Waals surface area (Å²) in [7, 11) is 0. The molecule has 1 aromatic carbocycles. The molecule has 0 radical (unpaired) electrons. The third kappa shape index (κ3) is 5.60. The first-order chi connectivity index (χ1) is 8.81. The Labute approximate surface area is 108 Å². The van der Waals surface area contributed by atoms with Crippen molar-refractivity contribution in [3.8, 4) is 5.75 Å². The van der Waals surface area contributed by atoms with Crippen molar-refractivity contribution < 1.29 is 27.8 Å². The Morgan fingerprint density at radius 1 is 1.37 bits per heavy atom. The molecule has 0 spiro atoms. The van der Waals surface area contributed by atoms with Gasteiger partial charge in [0.2, 0.25) is 0 Å². The van der Waals surface area contributed by atoms with Gasteiger partial charge in [-0.3, -0.25) is 9.69 Å². The molecule has 0 aliphatic carbocycles. The average Bonchev–Trinajstić information content (AvgIpc) is 2.28. The van der Waals surface area contributed by atoms with Gasteiger partial charge in [0.25, 0.3) is 0 Å². The largest absolute Gasteiger partial charge is 0.573 e. The molecule has 7 heteroatoms. The van der Waals surface area contributed by atoms with E-state index in [9.17, 15) is 18.0 Å². The van der Waals surface area contributed by atoms with Gasteiger partial charge in [0.15, 0.2) is 0 Å². The van der Waals surface area contributed by atoms with E-state index < -0.39 is 12.3 Å². The van der Waals surface area contributed by atoms with Gasteiger partial charge in [0.1, 0.15) is 5.75 Å². The van der Waals surface area contributed by atoms with E-state index in [1.165, 1.54) is 23.1 Å². The van der Waals surface area contributed by atoms with Gasteiger partial charge < -0.3 is 9.84 Å². The number of carboxylic acids is 1. The van der Waals surface area contributed by atoms with Crippen molar-refractivity contribution in [2.75, 3.05) is 13.1 Å². The number of likely N-dealkylation sites (N-methyl/N-ethyl adjacent to an activating group) is 1. The minimum absolute atomic E-state index is 0.0784. The second kappa shape index (κ2) is 6.42. The first-order valence-corrected chi connectivity index (χ1v) is 5.59. The Balaban J connectivity index is 2.84. The maximum Gasteiger partial charge on any atom is 0.573 e. The minimum atomic E-state index is -4.76. The first-order valence-electron chi connectivity index (χ1n) is 5.59. The quantitative estimate of drug-likeness (QED) is 0.868. The van der Waals surface area contributed by atoms with Crippen molar-refractivity contribution in [3.05, 3.63) is 29.8 Å². The molecule has 0 saturated carbocycles. The zero-order valence-corrected chi connectivity index (χ0v) is 10.3. The van der Waals surface area contributed by atoms with Crippen LogP contribution in [-0.2, 0) is 11.3 Å². The van der Waals surface area contributed by atoms with Crippen LogP contribution in [0.15, 0.2) is 24.3 Å². The number of carboxylic acid groups (broad SMARTS) is 1. The number of alkyl halides is 3. The molecule has 1 N–H and O–H groups in total. The van der Waals surface area contributed by atoms with Gasteiger partial charge in [-0.15, -0.1) is 13.2 Å². The topological polar surface area (TPSA) is 49.8 Å². The van der Waals surface area contributed by atoms with Crippen LogP contribution in [-0.4, -0.2) is 35.4 Å². The van der Waals surface area contributed by atoms with Crippen LogP contribution < -0.4 is 4.74 Å². The van der Waals surface area contributed by atoms with Crippen LogP contribution in [0.2, 0.25) is 0 Å². The van der Waals surface area contributed by atoms with E-state index in [1.807, 2.05) is 0 Å². The molecular weight excluding hydrogens is 263 g/mol. The maximum absolute atomic E-state index is 12.2. The first kappa shape index (κ1) is 15.3. The molecule has 0 saturated heterocycles. The Kier molecular flexibility index (Phi) is 5.17. The van der Waals surface area contributed by atoms with E-state index in [4.69, 9.17) is 5.11 Å². The summed E-state index contributed by atoms with van der Waals surface area (Å²) in [5.74, 6) is -1.34. The van der Waals surface area contributed by atoms with E-state index in [0.29, 0.717) is 12.1 Å². The van der Waals surface area contributed by atoms with Crippen molar-refractivity contribution in [1.82, 2.24) is 4.90 Å². The van der Waals surface area contributed by atoms with Crippen LogP contribution in [0.3, 0.4) is 0 Å². The highest BCUT2D eigenvalue weighted by Crippen LogP contribution is 2.27. The number of para-hydroxylation sites is 1. The molecule has 0 fully saturated rings. The molecule has 1 aromatic rings. The summed E-state index contributed by atoms with van der Waals surface area (Å²) in [6.07, 6.45) is -4.76. The number of aliphatic carboxylic acids is 1. The second-order valence-corrected chi connectivity index (χ2v) is 3.85. The summed E-state index contributed by atoms with van der Waals surface area (Å²) < 4.78 is 40.6. The normalized spacial score (nSPS) is 11.6. The van der Waals surface area contributed by atoms with Gasteiger partial charge in [-0.1, -0.05) is 25.1 Å². The van der Waals surface area contributed by atoms with E-state index in [1.54, 1.807) is 13.0 Å². The van der Waals surface area contributed by atoms with E-state index in [-0.39, 0.29) is 18.8 Å². The fourth-order valence-electron chi connectivity index (χ4n) is 1.57. The lowest BCUT2D eigenvalue weighted by Crippen LogP contribution is -2.29. The Hall–Kier alpha value is -1.76. The molecule has 0 atom stereocenters. The molecule has 0 aliphatic heterocycles. The molecule has 0 unspecified atom stereocenters. The summed E-state index contributed by atoms with van der Waals surface area (Å²) in [4.78, 5) is 12.1. The standard InChI is InChI=1S/C12H14F3NO3/c1-2-16(8-11(17)18)7-9-5-3-4-6-10(9)19-12(13,14)15/h3-6H,2,7-8H2,1H3,(H,17,18). The summed E-state index contributed by atoms with van der Waals surface area (Å²) in [6, 6.07) is 5.69. The number of hydrogen-bond donors (Lipinski definition) is 1. The van der Waals surface area contributed by atoms with Crippen molar-refractivity contribution in [1.29, 1.82) is 0 Å². The molecule has 0 aliphatic rings. The fourth-order valence-corrected chi connectivity index (χ4v) is 1.57. The number of halogens is 3. The zero-order valence-electron chi connectivity index (χ0n) is 10.3. The lowest BCUT2D eigenvalue weighted by Gasteiger charge is -2.20. The van der Waals surface area contributed by atoms with Crippen LogP contribution in [0.4, 0.5) is 13.2 Å². The number of carbonyl (C=O) groups is 1. The molecule has 0 heterocycles. The molecule has 106 valence electrons. The van der Waals surface area contributed by atoms with E-state index in [0.717, 1.165) is 0 Å². The maximum atomic E-state index is 12.2. The molecule has 0 aromatic heterocycles. The predicted octanol–water partition coefficient (Wildman–Crippen LogP) is 2.49. The third-order valence-corrected chi connectivity index (χ3v) is 2.40. The summed E-state index contributed by atoms with van der Waals surface area (Å²) in [6.45, 7) is 1.98. The molecule has 0 bridgehead atoms. The Bertz CT molecular complexity index is 434. The van der Waals surface area contributed by atoms with Crippen LogP contribution in [0.25, 0.3) is 0 Å². The highest BCUT2D eigenvalue weighted by atomic mass is 19.4. The Morgan fingerprint density at radius 2 is 2.00 bits per heavy atom. The summed E-state index contributed by atoms with van der Waals surface area (Å²) in [5.41, 5.74) is 0.294. The summed E-state index contributed by atoms with van der Waals surface area (Å²) >= 11 is 0. The monoisotopic (exact) mass is 277 g/mol. The third-order valence-electron chi connectivity index (χ3n) is 2.40. The predicted molar refractivity (Wildman–Crippen MR) is 61.7 cm³/mol. The lowest BCUT2D eigenvalue weighted by atomic mass is 10.2. The molecular formula is C12H14F3NO3. The Morgan fingerprint density at radius 3 is 2.53 bits per heavy atom. The number of ether oxygens (including phenoxy) is 1. The van der Waals surface area contributed by atoms with Gasteiger partial charge in [0, 0.05) is 12.1 Å². The van der Waals surface area contributed by atoms with Crippen LogP contribution in [0.5, 0.6) is 5.75 Å². The minimum Gasteiger partial charge on any atom is -0.480 e. The number of rotatable bonds is 6. The van der Waals surface area contributed by atoms with Gasteiger partial charge in [-0.2, -0.15) is 0 Å². The summed E-state index contributed by atoms with van der Waals surface area (Å²) in [5, 5.41) is 8.70. The fraction of sp³-hybridized carbons (Fsp3) is 0.417. The smallest absolute Gasteiger partial charge is 0.480 e. The second-order valence-electron chi connectivity index (χ2n) is 3.85. The van der Waals surface area contributed by atoms with E-state index in [2.05, 4.69) is 4.74 Å². The number of hydrogen-bond acceptors (Lipinski definition) is 3. The van der Waals surface area contributed by atoms with Gasteiger partial charge in [-0.05, 0) is 12.6 Å². The highest BCUT2D eigenvalue weighted by molar-refractivity contribution is 5.69. The van der Waals surface area contributed by atoms with Gasteiger partial charge in [-0.25, -0.2) is 0 Å². The van der Waals surface area contributed by atoms with Crippen molar-refractivity contribution in [2.45, 2.75) is 19.8 Å². The van der Waals surface area contributed by atoms with Crippen molar-refractivity contribution in [2.24, 2.45) is 0 Å². The van der Waals surface area contributed by atoms with Crippen LogP contribution in [0.1, 0.15) is 12.5 Å². The van der Waals surface area contributed by atoms with Crippen molar-refractivity contribution in [3.63, 3.8) is 0 Å². The molecule has 4 nitrogen and oxygen atoms in total. The number of benzene rings is 1. The van der Waals surface area contributed by atoms with Crippen LogP contribution in [0, 0.1) is 0 Å². The van der Waals surface area contributed by atoms with Gasteiger partial charge in [0.05, 0.1) is 6.54 Å². The average molecular weight is 277 g/mol. The zero-order chi connectivity index (χ0) is 14.5. The molecule has 19 heavy (non-hydrogen) atoms. The molecule has 0 amide bonds. The van der Waals surface area contributed by atoms with Crippen LogP contribution >= 0.6 is 0 Å². The highest BCUT2D eigenvalue weighted by Gasteiger charge is 2.32. The molecule has 1 rings (SSSR count). The van der Waals surface area contributed by atoms with Crippen molar-refractivity contribution >= 4 is 5.97 Å². The van der Waals surface area contributed by atoms with Gasteiger partial charge >= 0.3 is 12.3 Å².